The molecule has 2 fully saturated rings. The Morgan fingerprint density at radius 2 is 2.00 bits per heavy atom. The normalized spacial score (nSPS) is 26.9. The number of halogens is 1. The maximum atomic E-state index is 12.6. The first kappa shape index (κ1) is 13.1. The lowest BCUT2D eigenvalue weighted by atomic mass is 9.78. The van der Waals surface area contributed by atoms with Crippen LogP contribution in [-0.2, 0) is 0 Å². The number of hydrogen-bond donors (Lipinski definition) is 0. The van der Waals surface area contributed by atoms with Gasteiger partial charge in [-0.2, -0.15) is 0 Å². The Labute approximate surface area is 122 Å². The lowest BCUT2D eigenvalue weighted by Crippen LogP contribution is -2.49. The highest BCUT2D eigenvalue weighted by Gasteiger charge is 2.35. The molecular formula is C15H19BrN2O. The molecule has 2 atom stereocenters. The number of fused-ring (bicyclic) bond motifs is 1. The molecule has 1 aliphatic carbocycles. The average Bonchev–Trinajstić information content (AvgIpc) is 2.47. The molecule has 1 aliphatic heterocycles. The van der Waals surface area contributed by atoms with Gasteiger partial charge in [0.1, 0.15) is 4.60 Å². The lowest BCUT2D eigenvalue weighted by Gasteiger charge is -2.44. The molecule has 1 amide bonds. The van der Waals surface area contributed by atoms with Crippen LogP contribution in [0.5, 0.6) is 0 Å². The summed E-state index contributed by atoms with van der Waals surface area (Å²) in [5.41, 5.74) is 0.717. The van der Waals surface area contributed by atoms with Crippen molar-refractivity contribution in [2.75, 3.05) is 6.54 Å². The van der Waals surface area contributed by atoms with E-state index in [1.165, 1.54) is 32.1 Å². The fraction of sp³-hybridized carbons (Fsp3) is 0.600. The summed E-state index contributed by atoms with van der Waals surface area (Å²) in [5.74, 6) is 0.895. The van der Waals surface area contributed by atoms with Gasteiger partial charge in [-0.15, -0.1) is 0 Å². The molecule has 0 radical (unpaired) electrons. The molecule has 4 heteroatoms. The standard InChI is InChI=1S/C15H19BrN2O/c16-14-8-7-12(10-17-14)15(19)18-9-3-5-11-4-1-2-6-13(11)18/h7-8,10-11,13H,1-6,9H2. The van der Waals surface area contributed by atoms with Crippen LogP contribution in [-0.4, -0.2) is 28.4 Å². The summed E-state index contributed by atoms with van der Waals surface area (Å²) in [5, 5.41) is 0. The van der Waals surface area contributed by atoms with E-state index in [-0.39, 0.29) is 5.91 Å². The predicted molar refractivity (Wildman–Crippen MR) is 78.0 cm³/mol. The van der Waals surface area contributed by atoms with E-state index in [0.29, 0.717) is 6.04 Å². The summed E-state index contributed by atoms with van der Waals surface area (Å²) >= 11 is 3.31. The number of rotatable bonds is 1. The smallest absolute Gasteiger partial charge is 0.255 e. The first-order valence-electron chi connectivity index (χ1n) is 7.18. The third kappa shape index (κ3) is 2.69. The number of carbonyl (C=O) groups excluding carboxylic acids is 1. The van der Waals surface area contributed by atoms with Crippen LogP contribution in [0.3, 0.4) is 0 Å². The fourth-order valence-corrected chi connectivity index (χ4v) is 3.78. The quantitative estimate of drug-likeness (QED) is 0.739. The summed E-state index contributed by atoms with van der Waals surface area (Å²) in [6.07, 6.45) is 9.21. The van der Waals surface area contributed by atoms with Crippen LogP contribution in [0, 0.1) is 5.92 Å². The van der Waals surface area contributed by atoms with Crippen LogP contribution in [0.4, 0.5) is 0 Å². The van der Waals surface area contributed by atoms with Gasteiger partial charge in [0.15, 0.2) is 0 Å². The first-order chi connectivity index (χ1) is 9.25. The Morgan fingerprint density at radius 1 is 1.21 bits per heavy atom. The van der Waals surface area contributed by atoms with E-state index in [1.807, 2.05) is 12.1 Å². The maximum Gasteiger partial charge on any atom is 0.255 e. The molecule has 0 bridgehead atoms. The Balaban J connectivity index is 1.79. The number of aromatic nitrogens is 1. The van der Waals surface area contributed by atoms with Crippen LogP contribution in [0.15, 0.2) is 22.9 Å². The van der Waals surface area contributed by atoms with Crippen molar-refractivity contribution in [2.24, 2.45) is 5.92 Å². The first-order valence-corrected chi connectivity index (χ1v) is 7.97. The van der Waals surface area contributed by atoms with Crippen molar-refractivity contribution in [3.05, 3.63) is 28.5 Å². The molecule has 19 heavy (non-hydrogen) atoms. The second-order valence-corrected chi connectivity index (χ2v) is 6.43. The van der Waals surface area contributed by atoms with E-state index in [4.69, 9.17) is 0 Å². The highest BCUT2D eigenvalue weighted by Crippen LogP contribution is 2.35. The van der Waals surface area contributed by atoms with Crippen molar-refractivity contribution in [1.82, 2.24) is 9.88 Å². The van der Waals surface area contributed by atoms with Crippen molar-refractivity contribution in [1.29, 1.82) is 0 Å². The number of amides is 1. The average molecular weight is 323 g/mol. The zero-order valence-electron chi connectivity index (χ0n) is 11.0. The Hall–Kier alpha value is -0.900. The van der Waals surface area contributed by atoms with Crippen LogP contribution in [0.25, 0.3) is 0 Å². The SMILES string of the molecule is O=C(c1ccc(Br)nc1)N1CCCC2CCCCC21. The Morgan fingerprint density at radius 3 is 2.79 bits per heavy atom. The highest BCUT2D eigenvalue weighted by molar-refractivity contribution is 9.10. The zero-order chi connectivity index (χ0) is 13.2. The highest BCUT2D eigenvalue weighted by atomic mass is 79.9. The molecule has 1 aromatic heterocycles. The topological polar surface area (TPSA) is 33.2 Å². The third-order valence-electron chi connectivity index (χ3n) is 4.48. The lowest BCUT2D eigenvalue weighted by molar-refractivity contribution is 0.0390. The van der Waals surface area contributed by atoms with Crippen molar-refractivity contribution >= 4 is 21.8 Å². The van der Waals surface area contributed by atoms with Crippen molar-refractivity contribution in [3.63, 3.8) is 0 Å². The summed E-state index contributed by atoms with van der Waals surface area (Å²) in [6.45, 7) is 0.913. The number of pyridine rings is 1. The van der Waals surface area contributed by atoms with Gasteiger partial charge in [0.05, 0.1) is 5.56 Å². The van der Waals surface area contributed by atoms with Gasteiger partial charge in [-0.3, -0.25) is 4.79 Å². The molecule has 3 nitrogen and oxygen atoms in total. The minimum absolute atomic E-state index is 0.164. The molecule has 2 aliphatic rings. The second kappa shape index (κ2) is 5.61. The summed E-state index contributed by atoms with van der Waals surface area (Å²) in [6, 6.07) is 4.18. The van der Waals surface area contributed by atoms with Gasteiger partial charge < -0.3 is 4.90 Å². The molecule has 3 rings (SSSR count). The van der Waals surface area contributed by atoms with Crippen LogP contribution in [0.1, 0.15) is 48.9 Å². The van der Waals surface area contributed by atoms with Gasteiger partial charge >= 0.3 is 0 Å². The van der Waals surface area contributed by atoms with E-state index >= 15 is 0 Å². The Bertz CT molecular complexity index is 458. The maximum absolute atomic E-state index is 12.6. The number of piperidine rings is 1. The van der Waals surface area contributed by atoms with Gasteiger partial charge in [-0.25, -0.2) is 4.98 Å². The number of likely N-dealkylation sites (tertiary alicyclic amines) is 1. The van der Waals surface area contributed by atoms with Crippen LogP contribution in [0.2, 0.25) is 0 Å². The summed E-state index contributed by atoms with van der Waals surface area (Å²) in [7, 11) is 0. The van der Waals surface area contributed by atoms with Crippen molar-refractivity contribution in [2.45, 2.75) is 44.6 Å². The molecule has 2 unspecified atom stereocenters. The third-order valence-corrected chi connectivity index (χ3v) is 4.95. The summed E-state index contributed by atoms with van der Waals surface area (Å²) < 4.78 is 0.776. The van der Waals surface area contributed by atoms with E-state index in [1.54, 1.807) is 6.20 Å². The minimum Gasteiger partial charge on any atom is -0.335 e. The monoisotopic (exact) mass is 322 g/mol. The molecule has 2 heterocycles. The Kier molecular flexibility index (Phi) is 3.87. The molecule has 0 N–H and O–H groups in total. The molecule has 1 saturated heterocycles. The van der Waals surface area contributed by atoms with E-state index < -0.39 is 0 Å². The van der Waals surface area contributed by atoms with Crippen molar-refractivity contribution in [3.8, 4) is 0 Å². The molecule has 1 aromatic rings. The van der Waals surface area contributed by atoms with E-state index in [9.17, 15) is 4.79 Å². The van der Waals surface area contributed by atoms with E-state index in [2.05, 4.69) is 25.8 Å². The fourth-order valence-electron chi connectivity index (χ4n) is 3.55. The zero-order valence-corrected chi connectivity index (χ0v) is 12.6. The molecular weight excluding hydrogens is 304 g/mol. The molecule has 102 valence electrons. The van der Waals surface area contributed by atoms with Crippen LogP contribution >= 0.6 is 15.9 Å². The number of nitrogens with zero attached hydrogens (tertiary/aromatic N) is 2. The summed E-state index contributed by atoms with van der Waals surface area (Å²) in [4.78, 5) is 18.9. The number of carbonyl (C=O) groups is 1. The minimum atomic E-state index is 0.164. The van der Waals surface area contributed by atoms with Gasteiger partial charge in [0.2, 0.25) is 0 Å². The van der Waals surface area contributed by atoms with Crippen LogP contribution < -0.4 is 0 Å². The van der Waals surface area contributed by atoms with Gasteiger partial charge in [0, 0.05) is 18.8 Å². The predicted octanol–water partition coefficient (Wildman–Crippen LogP) is 3.64. The van der Waals surface area contributed by atoms with Crippen molar-refractivity contribution < 1.29 is 4.79 Å². The largest absolute Gasteiger partial charge is 0.335 e. The van der Waals surface area contributed by atoms with Gasteiger partial charge in [0.25, 0.3) is 5.91 Å². The second-order valence-electron chi connectivity index (χ2n) is 5.62. The molecule has 1 saturated carbocycles. The molecule has 0 spiro atoms. The van der Waals surface area contributed by atoms with E-state index in [0.717, 1.165) is 29.1 Å². The molecule has 0 aromatic carbocycles. The van der Waals surface area contributed by atoms with Gasteiger partial charge in [-0.1, -0.05) is 12.8 Å². The van der Waals surface area contributed by atoms with Gasteiger partial charge in [-0.05, 0) is 59.7 Å². The number of hydrogen-bond acceptors (Lipinski definition) is 2.